The second kappa shape index (κ2) is 9.45. The molecule has 0 saturated heterocycles. The van der Waals surface area contributed by atoms with Crippen LogP contribution in [-0.2, 0) is 19.1 Å². The van der Waals surface area contributed by atoms with Crippen LogP contribution < -0.4 is 10.6 Å². The molecule has 0 spiro atoms. The van der Waals surface area contributed by atoms with Crippen LogP contribution in [0.15, 0.2) is 11.6 Å². The van der Waals surface area contributed by atoms with Gasteiger partial charge in [0.1, 0.15) is 0 Å². The van der Waals surface area contributed by atoms with Gasteiger partial charge in [-0.3, -0.25) is 9.59 Å². The molecule has 142 valence electrons. The van der Waals surface area contributed by atoms with Crippen LogP contribution in [0.5, 0.6) is 0 Å². The van der Waals surface area contributed by atoms with Gasteiger partial charge in [0.25, 0.3) is 5.91 Å². The summed E-state index contributed by atoms with van der Waals surface area (Å²) in [5.41, 5.74) is -0.0582. The van der Waals surface area contributed by atoms with Gasteiger partial charge in [0.05, 0.1) is 24.3 Å². The molecule has 0 unspecified atom stereocenters. The fraction of sp³-hybridized carbons (Fsp3) is 0.688. The Hall–Kier alpha value is -2.03. The highest BCUT2D eigenvalue weighted by molar-refractivity contribution is 5.88. The molecule has 7 nitrogen and oxygen atoms in total. The van der Waals surface area contributed by atoms with Crippen LogP contribution in [0.1, 0.15) is 40.0 Å². The second-order valence-corrected chi connectivity index (χ2v) is 5.88. The average molecular weight is 362 g/mol. The summed E-state index contributed by atoms with van der Waals surface area (Å²) in [7, 11) is 0. The van der Waals surface area contributed by atoms with Crippen molar-refractivity contribution in [1.29, 1.82) is 0 Å². The van der Waals surface area contributed by atoms with Crippen molar-refractivity contribution in [2.24, 2.45) is 0 Å². The SMILES string of the molecule is CCC(CC)O[C@@H]1C=C(C(=O)O)C[C@H](NC(=O)C(F)F)[C@H]1NC(C)=O. The van der Waals surface area contributed by atoms with Crippen LogP contribution in [0.3, 0.4) is 0 Å². The number of amides is 2. The first-order chi connectivity index (χ1) is 11.7. The number of carbonyl (C=O) groups is 3. The minimum atomic E-state index is -3.24. The smallest absolute Gasteiger partial charge is 0.331 e. The van der Waals surface area contributed by atoms with E-state index in [1.54, 1.807) is 0 Å². The summed E-state index contributed by atoms with van der Waals surface area (Å²) in [5, 5.41) is 13.9. The lowest BCUT2D eigenvalue weighted by Crippen LogP contribution is -2.60. The molecule has 0 heterocycles. The van der Waals surface area contributed by atoms with E-state index < -0.39 is 42.4 Å². The first-order valence-corrected chi connectivity index (χ1v) is 8.14. The summed E-state index contributed by atoms with van der Waals surface area (Å²) in [5.74, 6) is -3.18. The van der Waals surface area contributed by atoms with Crippen molar-refractivity contribution < 1.29 is 33.0 Å². The van der Waals surface area contributed by atoms with Crippen molar-refractivity contribution in [1.82, 2.24) is 10.6 Å². The van der Waals surface area contributed by atoms with E-state index in [0.29, 0.717) is 12.8 Å². The highest BCUT2D eigenvalue weighted by atomic mass is 19.3. The summed E-state index contributed by atoms with van der Waals surface area (Å²) in [4.78, 5) is 34.2. The maximum Gasteiger partial charge on any atom is 0.331 e. The number of hydrogen-bond donors (Lipinski definition) is 3. The van der Waals surface area contributed by atoms with Gasteiger partial charge in [0.2, 0.25) is 5.91 Å². The molecule has 0 fully saturated rings. The first kappa shape index (κ1) is 21.0. The third-order valence-corrected chi connectivity index (χ3v) is 4.02. The Morgan fingerprint density at radius 3 is 2.32 bits per heavy atom. The maximum absolute atomic E-state index is 12.6. The lowest BCUT2D eigenvalue weighted by Gasteiger charge is -2.38. The Bertz CT molecular complexity index is 535. The van der Waals surface area contributed by atoms with E-state index in [0.717, 1.165) is 0 Å². The molecule has 1 aliphatic carbocycles. The molecule has 0 radical (unpaired) electrons. The molecule has 0 aliphatic heterocycles. The largest absolute Gasteiger partial charge is 0.478 e. The number of carboxylic acids is 1. The standard InChI is InChI=1S/C16H24F2N2O5/c1-4-10(5-2)25-12-7-9(16(23)24)6-11(13(12)19-8(3)21)20-15(22)14(17)18/h7,10-14H,4-6H2,1-3H3,(H,19,21)(H,20,22)(H,23,24)/t11-,12+,13+/m0/s1. The number of hydrogen-bond acceptors (Lipinski definition) is 4. The Morgan fingerprint density at radius 1 is 1.28 bits per heavy atom. The molecule has 9 heteroatoms. The van der Waals surface area contributed by atoms with Crippen LogP contribution in [0.4, 0.5) is 8.78 Å². The average Bonchev–Trinajstić information content (AvgIpc) is 2.53. The van der Waals surface area contributed by atoms with E-state index in [-0.39, 0.29) is 18.1 Å². The van der Waals surface area contributed by atoms with Gasteiger partial charge < -0.3 is 20.5 Å². The minimum absolute atomic E-state index is 0.0582. The monoisotopic (exact) mass is 362 g/mol. The van der Waals surface area contributed by atoms with Gasteiger partial charge in [0, 0.05) is 18.9 Å². The number of ether oxygens (including phenoxy) is 1. The van der Waals surface area contributed by atoms with Crippen molar-refractivity contribution in [2.75, 3.05) is 0 Å². The Kier molecular flexibility index (Phi) is 7.95. The van der Waals surface area contributed by atoms with Gasteiger partial charge >= 0.3 is 12.4 Å². The molecule has 0 bridgehead atoms. The van der Waals surface area contributed by atoms with E-state index in [1.807, 2.05) is 13.8 Å². The Morgan fingerprint density at radius 2 is 1.88 bits per heavy atom. The number of aliphatic carboxylic acids is 1. The van der Waals surface area contributed by atoms with Crippen LogP contribution in [0.2, 0.25) is 0 Å². The molecule has 0 saturated carbocycles. The predicted octanol–water partition coefficient (Wildman–Crippen LogP) is 1.23. The Balaban J connectivity index is 3.16. The molecule has 2 amide bonds. The van der Waals surface area contributed by atoms with Gasteiger partial charge in [-0.05, 0) is 18.9 Å². The minimum Gasteiger partial charge on any atom is -0.478 e. The summed E-state index contributed by atoms with van der Waals surface area (Å²) < 4.78 is 31.0. The lowest BCUT2D eigenvalue weighted by molar-refractivity contribution is -0.136. The first-order valence-electron chi connectivity index (χ1n) is 8.14. The molecular formula is C16H24F2N2O5. The molecular weight excluding hydrogens is 338 g/mol. The summed E-state index contributed by atoms with van der Waals surface area (Å²) in [6.07, 6.45) is -1.80. The zero-order valence-corrected chi connectivity index (χ0v) is 14.4. The van der Waals surface area contributed by atoms with E-state index in [2.05, 4.69) is 10.6 Å². The van der Waals surface area contributed by atoms with Crippen LogP contribution in [0, 0.1) is 0 Å². The van der Waals surface area contributed by atoms with Crippen molar-refractivity contribution in [3.05, 3.63) is 11.6 Å². The molecule has 1 aliphatic rings. The molecule has 3 atom stereocenters. The topological polar surface area (TPSA) is 105 Å². The quantitative estimate of drug-likeness (QED) is 0.602. The zero-order chi connectivity index (χ0) is 19.1. The fourth-order valence-electron chi connectivity index (χ4n) is 2.75. The number of alkyl halides is 2. The molecule has 25 heavy (non-hydrogen) atoms. The van der Waals surface area contributed by atoms with Crippen molar-refractivity contribution >= 4 is 17.8 Å². The normalized spacial score (nSPS) is 23.3. The van der Waals surface area contributed by atoms with Crippen LogP contribution >= 0.6 is 0 Å². The lowest BCUT2D eigenvalue weighted by atomic mass is 9.87. The number of rotatable bonds is 8. The second-order valence-electron chi connectivity index (χ2n) is 5.88. The number of halogens is 2. The van der Waals surface area contributed by atoms with Gasteiger partial charge in [-0.15, -0.1) is 0 Å². The third kappa shape index (κ3) is 6.08. The maximum atomic E-state index is 12.6. The van der Waals surface area contributed by atoms with Crippen LogP contribution in [-0.4, -0.2) is 53.6 Å². The zero-order valence-electron chi connectivity index (χ0n) is 14.4. The summed E-state index contributed by atoms with van der Waals surface area (Å²) in [6, 6.07) is -1.86. The van der Waals surface area contributed by atoms with E-state index in [1.165, 1.54) is 13.0 Å². The van der Waals surface area contributed by atoms with Crippen molar-refractivity contribution in [3.8, 4) is 0 Å². The number of carbonyl (C=O) groups excluding carboxylic acids is 2. The molecule has 0 aromatic rings. The van der Waals surface area contributed by atoms with Gasteiger partial charge in [0.15, 0.2) is 0 Å². The highest BCUT2D eigenvalue weighted by Gasteiger charge is 2.39. The third-order valence-electron chi connectivity index (χ3n) is 4.02. The molecule has 1 rings (SSSR count). The van der Waals surface area contributed by atoms with E-state index in [9.17, 15) is 28.3 Å². The van der Waals surface area contributed by atoms with Crippen molar-refractivity contribution in [3.63, 3.8) is 0 Å². The molecule has 0 aromatic heterocycles. The van der Waals surface area contributed by atoms with Crippen molar-refractivity contribution in [2.45, 2.75) is 70.8 Å². The number of carboxylic acid groups (broad SMARTS) is 1. The molecule has 3 N–H and O–H groups in total. The van der Waals surface area contributed by atoms with Gasteiger partial charge in [-0.1, -0.05) is 13.8 Å². The van der Waals surface area contributed by atoms with Gasteiger partial charge in [-0.2, -0.15) is 8.78 Å². The predicted molar refractivity (Wildman–Crippen MR) is 85.1 cm³/mol. The molecule has 0 aromatic carbocycles. The van der Waals surface area contributed by atoms with Crippen LogP contribution in [0.25, 0.3) is 0 Å². The van der Waals surface area contributed by atoms with E-state index in [4.69, 9.17) is 4.74 Å². The fourth-order valence-corrected chi connectivity index (χ4v) is 2.75. The summed E-state index contributed by atoms with van der Waals surface area (Å²) >= 11 is 0. The van der Waals surface area contributed by atoms with E-state index >= 15 is 0 Å². The Labute approximate surface area is 144 Å². The number of nitrogens with one attached hydrogen (secondary N) is 2. The van der Waals surface area contributed by atoms with Gasteiger partial charge in [-0.25, -0.2) is 4.79 Å². The summed E-state index contributed by atoms with van der Waals surface area (Å²) in [6.45, 7) is 5.03. The highest BCUT2D eigenvalue weighted by Crippen LogP contribution is 2.24.